The fourth-order valence-corrected chi connectivity index (χ4v) is 4.40. The van der Waals surface area contributed by atoms with Gasteiger partial charge in [-0.25, -0.2) is 8.42 Å². The Bertz CT molecular complexity index is 836. The molecule has 0 spiro atoms. The van der Waals surface area contributed by atoms with Gasteiger partial charge in [0, 0.05) is 19.2 Å². The molecule has 0 fully saturated rings. The van der Waals surface area contributed by atoms with Crippen LogP contribution in [0.25, 0.3) is 0 Å². The second-order valence-corrected chi connectivity index (χ2v) is 8.14. The Hall–Kier alpha value is -1.56. The third-order valence-corrected chi connectivity index (χ3v) is 6.25. The lowest BCUT2D eigenvalue weighted by Gasteiger charge is -2.28. The number of sulfonamides is 1. The highest BCUT2D eigenvalue weighted by molar-refractivity contribution is 7.89. The Morgan fingerprint density at radius 3 is 2.67 bits per heavy atom. The molecule has 2 aromatic rings. The van der Waals surface area contributed by atoms with Gasteiger partial charge in [0.05, 0.1) is 16.5 Å². The third-order valence-electron chi connectivity index (χ3n) is 4.10. The number of ether oxygens (including phenoxy) is 1. The van der Waals surface area contributed by atoms with Gasteiger partial charge in [-0.3, -0.25) is 0 Å². The van der Waals surface area contributed by atoms with E-state index in [-0.39, 0.29) is 4.90 Å². The lowest BCUT2D eigenvalue weighted by Crippen LogP contribution is -2.35. The van der Waals surface area contributed by atoms with Crippen LogP contribution < -0.4 is 4.74 Å². The smallest absolute Gasteiger partial charge is 0.243 e. The third kappa shape index (κ3) is 3.43. The first-order valence-corrected chi connectivity index (χ1v) is 9.83. The van der Waals surface area contributed by atoms with Crippen molar-refractivity contribution in [3.8, 4) is 5.75 Å². The number of hydrogen-bond acceptors (Lipinski definition) is 3. The summed E-state index contributed by atoms with van der Waals surface area (Å²) >= 11 is 6.10. The maximum atomic E-state index is 13.0. The van der Waals surface area contributed by atoms with Crippen LogP contribution in [0, 0.1) is 0 Å². The molecule has 4 nitrogen and oxygen atoms in total. The summed E-state index contributed by atoms with van der Waals surface area (Å²) in [4.78, 5) is 0.220. The van der Waals surface area contributed by atoms with Crippen molar-refractivity contribution in [1.29, 1.82) is 0 Å². The molecular weight excluding hydrogens is 346 g/mol. The van der Waals surface area contributed by atoms with E-state index in [1.807, 2.05) is 25.1 Å². The second-order valence-electron chi connectivity index (χ2n) is 5.80. The predicted molar refractivity (Wildman–Crippen MR) is 95.0 cm³/mol. The molecule has 1 aliphatic rings. The first-order chi connectivity index (χ1) is 11.5. The molecule has 0 atom stereocenters. The van der Waals surface area contributed by atoms with Crippen molar-refractivity contribution < 1.29 is 13.2 Å². The number of fused-ring (bicyclic) bond motifs is 1. The second kappa shape index (κ2) is 7.13. The molecule has 3 rings (SSSR count). The van der Waals surface area contributed by atoms with Crippen LogP contribution in [-0.4, -0.2) is 25.9 Å². The minimum absolute atomic E-state index is 0.220. The van der Waals surface area contributed by atoms with Crippen LogP contribution in [0.5, 0.6) is 5.75 Å². The number of benzene rings is 2. The highest BCUT2D eigenvalue weighted by Gasteiger charge is 2.28. The average Bonchev–Trinajstić information content (AvgIpc) is 2.60. The van der Waals surface area contributed by atoms with E-state index < -0.39 is 10.0 Å². The molecule has 0 unspecified atom stereocenters. The molecule has 0 bridgehead atoms. The van der Waals surface area contributed by atoms with Crippen LogP contribution in [-0.2, 0) is 23.0 Å². The van der Waals surface area contributed by atoms with Crippen molar-refractivity contribution in [2.24, 2.45) is 0 Å². The van der Waals surface area contributed by atoms with E-state index in [2.05, 4.69) is 6.07 Å². The molecule has 128 valence electrons. The SMILES string of the molecule is CCCOc1cc(S(=O)(=O)N2CCc3ccccc3C2)ccc1Cl. The van der Waals surface area contributed by atoms with Crippen molar-refractivity contribution in [3.63, 3.8) is 0 Å². The average molecular weight is 366 g/mol. The minimum atomic E-state index is -3.57. The maximum Gasteiger partial charge on any atom is 0.243 e. The molecule has 0 aliphatic carbocycles. The summed E-state index contributed by atoms with van der Waals surface area (Å²) < 4.78 is 33.0. The Morgan fingerprint density at radius 2 is 1.92 bits per heavy atom. The van der Waals surface area contributed by atoms with Crippen molar-refractivity contribution in [2.75, 3.05) is 13.2 Å². The summed E-state index contributed by atoms with van der Waals surface area (Å²) in [5, 5.41) is 0.423. The lowest BCUT2D eigenvalue weighted by molar-refractivity contribution is 0.316. The molecule has 2 aromatic carbocycles. The fourth-order valence-electron chi connectivity index (χ4n) is 2.79. The zero-order valence-electron chi connectivity index (χ0n) is 13.5. The van der Waals surface area contributed by atoms with Crippen molar-refractivity contribution in [3.05, 3.63) is 58.6 Å². The van der Waals surface area contributed by atoms with Gasteiger partial charge in [0.15, 0.2) is 0 Å². The summed E-state index contributed by atoms with van der Waals surface area (Å²) in [5.74, 6) is 0.414. The molecule has 0 saturated carbocycles. The topological polar surface area (TPSA) is 46.6 Å². The standard InChI is InChI=1S/C18H20ClNO3S/c1-2-11-23-18-12-16(7-8-17(18)19)24(21,22)20-10-9-14-5-3-4-6-15(14)13-20/h3-8,12H,2,9-11,13H2,1H3. The first kappa shape index (κ1) is 17.3. The Labute approximate surface area is 148 Å². The molecule has 0 N–H and O–H groups in total. The Kier molecular flexibility index (Phi) is 5.13. The van der Waals surface area contributed by atoms with Gasteiger partial charge in [-0.2, -0.15) is 4.31 Å². The number of nitrogens with zero attached hydrogens (tertiary/aromatic N) is 1. The van der Waals surface area contributed by atoms with E-state index in [4.69, 9.17) is 16.3 Å². The van der Waals surface area contributed by atoms with Gasteiger partial charge in [-0.1, -0.05) is 42.8 Å². The van der Waals surface area contributed by atoms with E-state index >= 15 is 0 Å². The number of halogens is 1. The molecule has 0 amide bonds. The van der Waals surface area contributed by atoms with Crippen LogP contribution in [0.15, 0.2) is 47.4 Å². The molecule has 0 radical (unpaired) electrons. The highest BCUT2D eigenvalue weighted by Crippen LogP contribution is 2.31. The monoisotopic (exact) mass is 365 g/mol. The summed E-state index contributed by atoms with van der Waals surface area (Å²) in [6.45, 7) is 3.36. The van der Waals surface area contributed by atoms with E-state index in [0.717, 1.165) is 18.4 Å². The summed E-state index contributed by atoms with van der Waals surface area (Å²) in [6.07, 6.45) is 1.55. The van der Waals surface area contributed by atoms with Crippen LogP contribution in [0.1, 0.15) is 24.5 Å². The fraction of sp³-hybridized carbons (Fsp3) is 0.333. The van der Waals surface area contributed by atoms with Gasteiger partial charge in [-0.05, 0) is 36.1 Å². The normalized spacial score (nSPS) is 15.1. The summed E-state index contributed by atoms with van der Waals surface area (Å²) in [7, 11) is -3.57. The zero-order valence-corrected chi connectivity index (χ0v) is 15.1. The van der Waals surface area contributed by atoms with E-state index in [0.29, 0.717) is 30.5 Å². The molecule has 0 saturated heterocycles. The van der Waals surface area contributed by atoms with Crippen LogP contribution >= 0.6 is 11.6 Å². The maximum absolute atomic E-state index is 13.0. The Morgan fingerprint density at radius 1 is 1.17 bits per heavy atom. The Balaban J connectivity index is 1.88. The largest absolute Gasteiger partial charge is 0.492 e. The van der Waals surface area contributed by atoms with Crippen molar-refractivity contribution in [1.82, 2.24) is 4.31 Å². The van der Waals surface area contributed by atoms with Gasteiger partial charge >= 0.3 is 0 Å². The molecular formula is C18H20ClNO3S. The number of rotatable bonds is 5. The van der Waals surface area contributed by atoms with Gasteiger partial charge in [0.1, 0.15) is 5.75 Å². The molecule has 1 heterocycles. The lowest BCUT2D eigenvalue weighted by atomic mass is 10.0. The number of hydrogen-bond donors (Lipinski definition) is 0. The summed E-state index contributed by atoms with van der Waals surface area (Å²) in [5.41, 5.74) is 2.27. The highest BCUT2D eigenvalue weighted by atomic mass is 35.5. The molecule has 24 heavy (non-hydrogen) atoms. The van der Waals surface area contributed by atoms with E-state index in [1.165, 1.54) is 22.0 Å². The molecule has 6 heteroatoms. The van der Waals surface area contributed by atoms with Crippen LogP contribution in [0.3, 0.4) is 0 Å². The molecule has 0 aromatic heterocycles. The van der Waals surface area contributed by atoms with E-state index in [9.17, 15) is 8.42 Å². The van der Waals surface area contributed by atoms with Gasteiger partial charge in [0.2, 0.25) is 10.0 Å². The molecule has 1 aliphatic heterocycles. The quantitative estimate of drug-likeness (QED) is 0.807. The van der Waals surface area contributed by atoms with Gasteiger partial charge in [0.25, 0.3) is 0 Å². The van der Waals surface area contributed by atoms with Crippen LogP contribution in [0.2, 0.25) is 5.02 Å². The first-order valence-electron chi connectivity index (χ1n) is 8.01. The van der Waals surface area contributed by atoms with Gasteiger partial charge in [-0.15, -0.1) is 0 Å². The minimum Gasteiger partial charge on any atom is -0.492 e. The van der Waals surface area contributed by atoms with Crippen molar-refractivity contribution in [2.45, 2.75) is 31.2 Å². The predicted octanol–water partition coefficient (Wildman–Crippen LogP) is 3.88. The summed E-state index contributed by atoms with van der Waals surface area (Å²) in [6, 6.07) is 12.6. The zero-order chi connectivity index (χ0) is 17.2. The van der Waals surface area contributed by atoms with Crippen LogP contribution in [0.4, 0.5) is 0 Å². The van der Waals surface area contributed by atoms with Gasteiger partial charge < -0.3 is 4.74 Å². The van der Waals surface area contributed by atoms with Crippen molar-refractivity contribution >= 4 is 21.6 Å². The van der Waals surface area contributed by atoms with E-state index in [1.54, 1.807) is 6.07 Å².